The molecule has 1 aromatic rings. The molecule has 1 aliphatic carbocycles. The highest BCUT2D eigenvalue weighted by molar-refractivity contribution is 5.16. The van der Waals surface area contributed by atoms with Gasteiger partial charge >= 0.3 is 0 Å². The van der Waals surface area contributed by atoms with Crippen molar-refractivity contribution >= 4 is 0 Å². The van der Waals surface area contributed by atoms with Gasteiger partial charge in [-0.05, 0) is 43.0 Å². The molecule has 1 saturated carbocycles. The van der Waals surface area contributed by atoms with Crippen LogP contribution in [0.5, 0.6) is 0 Å². The van der Waals surface area contributed by atoms with E-state index >= 15 is 0 Å². The fourth-order valence-electron chi connectivity index (χ4n) is 2.64. The standard InChI is InChI=1S/C13H20N2/c1-2-15-13(11-5-3-4-6-11)12-7-9-14-10-8-12/h7-11,13,15H,2-6H2,1H3. The molecule has 1 unspecified atom stereocenters. The lowest BCUT2D eigenvalue weighted by Crippen LogP contribution is -2.26. The van der Waals surface area contributed by atoms with Crippen LogP contribution in [0.25, 0.3) is 0 Å². The Balaban J connectivity index is 2.11. The summed E-state index contributed by atoms with van der Waals surface area (Å²) in [5.41, 5.74) is 1.40. The summed E-state index contributed by atoms with van der Waals surface area (Å²) >= 11 is 0. The summed E-state index contributed by atoms with van der Waals surface area (Å²) in [6.07, 6.45) is 9.35. The molecule has 1 aromatic heterocycles. The van der Waals surface area contributed by atoms with E-state index < -0.39 is 0 Å². The molecule has 0 bridgehead atoms. The lowest BCUT2D eigenvalue weighted by atomic mass is 9.92. The Morgan fingerprint density at radius 1 is 1.33 bits per heavy atom. The van der Waals surface area contributed by atoms with Gasteiger partial charge in [-0.15, -0.1) is 0 Å². The van der Waals surface area contributed by atoms with Crippen LogP contribution in [0.4, 0.5) is 0 Å². The fraction of sp³-hybridized carbons (Fsp3) is 0.615. The number of nitrogens with zero attached hydrogens (tertiary/aromatic N) is 1. The molecule has 82 valence electrons. The van der Waals surface area contributed by atoms with Crippen LogP contribution < -0.4 is 5.32 Å². The first-order valence-electron chi connectivity index (χ1n) is 6.05. The molecule has 0 spiro atoms. The topological polar surface area (TPSA) is 24.9 Å². The van der Waals surface area contributed by atoms with Gasteiger partial charge < -0.3 is 5.32 Å². The molecular weight excluding hydrogens is 184 g/mol. The van der Waals surface area contributed by atoms with Crippen molar-refractivity contribution in [1.29, 1.82) is 0 Å². The Morgan fingerprint density at radius 2 is 2.00 bits per heavy atom. The van der Waals surface area contributed by atoms with Crippen molar-refractivity contribution in [3.8, 4) is 0 Å². The Morgan fingerprint density at radius 3 is 2.60 bits per heavy atom. The summed E-state index contributed by atoms with van der Waals surface area (Å²) in [5.74, 6) is 0.826. The van der Waals surface area contributed by atoms with Gasteiger partial charge in [0.15, 0.2) is 0 Å². The van der Waals surface area contributed by atoms with E-state index in [2.05, 4.69) is 29.4 Å². The quantitative estimate of drug-likeness (QED) is 0.815. The van der Waals surface area contributed by atoms with Gasteiger partial charge in [-0.25, -0.2) is 0 Å². The summed E-state index contributed by atoms with van der Waals surface area (Å²) < 4.78 is 0. The van der Waals surface area contributed by atoms with E-state index in [0.29, 0.717) is 6.04 Å². The van der Waals surface area contributed by atoms with Crippen molar-refractivity contribution < 1.29 is 0 Å². The van der Waals surface area contributed by atoms with Crippen molar-refractivity contribution in [2.45, 2.75) is 38.6 Å². The number of hydrogen-bond acceptors (Lipinski definition) is 2. The van der Waals surface area contributed by atoms with Gasteiger partial charge in [0.1, 0.15) is 0 Å². The van der Waals surface area contributed by atoms with Gasteiger partial charge in [0.25, 0.3) is 0 Å². The Bertz CT molecular complexity index is 278. The lowest BCUT2D eigenvalue weighted by molar-refractivity contribution is 0.374. The van der Waals surface area contributed by atoms with Crippen LogP contribution in [-0.2, 0) is 0 Å². The number of hydrogen-bond donors (Lipinski definition) is 1. The molecule has 1 atom stereocenters. The second-order valence-corrected chi connectivity index (χ2v) is 4.36. The van der Waals surface area contributed by atoms with E-state index in [1.165, 1.54) is 31.2 Å². The van der Waals surface area contributed by atoms with Crippen LogP contribution in [0, 0.1) is 5.92 Å². The number of aromatic nitrogens is 1. The van der Waals surface area contributed by atoms with Crippen LogP contribution in [-0.4, -0.2) is 11.5 Å². The highest BCUT2D eigenvalue weighted by atomic mass is 14.9. The first kappa shape index (κ1) is 10.6. The minimum Gasteiger partial charge on any atom is -0.310 e. The number of rotatable bonds is 4. The van der Waals surface area contributed by atoms with E-state index in [1.807, 2.05) is 12.4 Å². The van der Waals surface area contributed by atoms with E-state index in [9.17, 15) is 0 Å². The minimum absolute atomic E-state index is 0.542. The summed E-state index contributed by atoms with van der Waals surface area (Å²) in [6.45, 7) is 3.23. The zero-order valence-electron chi connectivity index (χ0n) is 9.45. The van der Waals surface area contributed by atoms with Crippen molar-refractivity contribution in [2.24, 2.45) is 5.92 Å². The van der Waals surface area contributed by atoms with Gasteiger partial charge in [-0.3, -0.25) is 4.98 Å². The molecule has 2 nitrogen and oxygen atoms in total. The van der Waals surface area contributed by atoms with Crippen molar-refractivity contribution in [1.82, 2.24) is 10.3 Å². The highest BCUT2D eigenvalue weighted by Crippen LogP contribution is 2.35. The molecule has 1 N–H and O–H groups in total. The second-order valence-electron chi connectivity index (χ2n) is 4.36. The molecule has 2 rings (SSSR count). The molecule has 0 saturated heterocycles. The maximum Gasteiger partial charge on any atom is 0.0349 e. The zero-order valence-corrected chi connectivity index (χ0v) is 9.45. The summed E-state index contributed by atoms with van der Waals surface area (Å²) in [6, 6.07) is 4.83. The summed E-state index contributed by atoms with van der Waals surface area (Å²) in [4.78, 5) is 4.09. The van der Waals surface area contributed by atoms with Gasteiger partial charge in [-0.2, -0.15) is 0 Å². The predicted octanol–water partition coefficient (Wildman–Crippen LogP) is 2.92. The number of pyridine rings is 1. The molecule has 0 aromatic carbocycles. The monoisotopic (exact) mass is 204 g/mol. The lowest BCUT2D eigenvalue weighted by Gasteiger charge is -2.24. The van der Waals surface area contributed by atoms with Crippen LogP contribution in [0.2, 0.25) is 0 Å². The van der Waals surface area contributed by atoms with Crippen LogP contribution in [0.15, 0.2) is 24.5 Å². The highest BCUT2D eigenvalue weighted by Gasteiger charge is 2.25. The van der Waals surface area contributed by atoms with Gasteiger partial charge in [0.05, 0.1) is 0 Å². The minimum atomic E-state index is 0.542. The smallest absolute Gasteiger partial charge is 0.0349 e. The average Bonchev–Trinajstić information content (AvgIpc) is 2.80. The SMILES string of the molecule is CCNC(c1ccncc1)C1CCCC1. The summed E-state index contributed by atoms with van der Waals surface area (Å²) in [7, 11) is 0. The first-order chi connectivity index (χ1) is 7.42. The third-order valence-corrected chi connectivity index (χ3v) is 3.36. The van der Waals surface area contributed by atoms with Crippen molar-refractivity contribution in [3.05, 3.63) is 30.1 Å². The molecule has 2 heteroatoms. The van der Waals surface area contributed by atoms with E-state index in [1.54, 1.807) is 0 Å². The molecule has 0 amide bonds. The van der Waals surface area contributed by atoms with E-state index in [0.717, 1.165) is 12.5 Å². The van der Waals surface area contributed by atoms with E-state index in [-0.39, 0.29) is 0 Å². The average molecular weight is 204 g/mol. The Kier molecular flexibility index (Phi) is 3.73. The second kappa shape index (κ2) is 5.26. The van der Waals surface area contributed by atoms with Crippen molar-refractivity contribution in [2.75, 3.05) is 6.54 Å². The molecule has 0 radical (unpaired) electrons. The molecule has 15 heavy (non-hydrogen) atoms. The zero-order chi connectivity index (χ0) is 10.5. The molecule has 0 aliphatic heterocycles. The van der Waals surface area contributed by atoms with Crippen LogP contribution >= 0.6 is 0 Å². The fourth-order valence-corrected chi connectivity index (χ4v) is 2.64. The largest absolute Gasteiger partial charge is 0.310 e. The van der Waals surface area contributed by atoms with Gasteiger partial charge in [0.2, 0.25) is 0 Å². The van der Waals surface area contributed by atoms with Gasteiger partial charge in [0, 0.05) is 18.4 Å². The maximum atomic E-state index is 4.09. The van der Waals surface area contributed by atoms with E-state index in [4.69, 9.17) is 0 Å². The Labute approximate surface area is 92.1 Å². The molecular formula is C13H20N2. The van der Waals surface area contributed by atoms with Gasteiger partial charge in [-0.1, -0.05) is 19.8 Å². The predicted molar refractivity (Wildman–Crippen MR) is 62.6 cm³/mol. The molecule has 1 fully saturated rings. The Hall–Kier alpha value is -0.890. The van der Waals surface area contributed by atoms with Crippen LogP contribution in [0.1, 0.15) is 44.2 Å². The normalized spacial score (nSPS) is 19.3. The molecule has 1 aliphatic rings. The third-order valence-electron chi connectivity index (χ3n) is 3.36. The molecule has 1 heterocycles. The third kappa shape index (κ3) is 2.57. The first-order valence-corrected chi connectivity index (χ1v) is 6.05. The number of nitrogens with one attached hydrogen (secondary N) is 1. The van der Waals surface area contributed by atoms with Crippen LogP contribution in [0.3, 0.4) is 0 Å². The maximum absolute atomic E-state index is 4.09. The summed E-state index contributed by atoms with van der Waals surface area (Å²) in [5, 5.41) is 3.61. The van der Waals surface area contributed by atoms with Crippen molar-refractivity contribution in [3.63, 3.8) is 0 Å².